The topological polar surface area (TPSA) is 15.3 Å². The van der Waals surface area contributed by atoms with Gasteiger partial charge in [-0.2, -0.15) is 0 Å². The van der Waals surface area contributed by atoms with Gasteiger partial charge in [-0.15, -0.1) is 0 Å². The molecule has 0 fully saturated rings. The third-order valence-corrected chi connectivity index (χ3v) is 7.06. The summed E-state index contributed by atoms with van der Waals surface area (Å²) in [5.41, 5.74) is 9.24. The van der Waals surface area contributed by atoms with E-state index in [-0.39, 0.29) is 17.2 Å². The number of benzene rings is 2. The molecule has 30 heavy (non-hydrogen) atoms. The molecule has 0 aliphatic carbocycles. The number of nitrogens with one attached hydrogen (secondary N) is 1. The zero-order valence-corrected chi connectivity index (χ0v) is 19.5. The van der Waals surface area contributed by atoms with Crippen molar-refractivity contribution in [3.8, 4) is 0 Å². The van der Waals surface area contributed by atoms with E-state index in [0.29, 0.717) is 5.92 Å². The van der Waals surface area contributed by atoms with E-state index in [1.807, 2.05) is 0 Å². The van der Waals surface area contributed by atoms with Crippen molar-refractivity contribution in [1.82, 2.24) is 10.2 Å². The molecular formula is C27H37FN2. The average Bonchev–Trinajstić information content (AvgIpc) is 2.65. The number of aryl methyl sites for hydroxylation is 1. The lowest BCUT2D eigenvalue weighted by molar-refractivity contribution is 0.184. The molecule has 1 N–H and O–H groups in total. The Morgan fingerprint density at radius 3 is 2.57 bits per heavy atom. The van der Waals surface area contributed by atoms with Crippen LogP contribution in [0.3, 0.4) is 0 Å². The van der Waals surface area contributed by atoms with Crippen LogP contribution < -0.4 is 5.32 Å². The molecule has 0 radical (unpaired) electrons. The van der Waals surface area contributed by atoms with Gasteiger partial charge in [0.15, 0.2) is 0 Å². The van der Waals surface area contributed by atoms with Crippen LogP contribution in [0.4, 0.5) is 4.39 Å². The van der Waals surface area contributed by atoms with Crippen molar-refractivity contribution in [2.24, 2.45) is 0 Å². The van der Waals surface area contributed by atoms with Crippen LogP contribution in [0.15, 0.2) is 24.3 Å². The van der Waals surface area contributed by atoms with Crippen molar-refractivity contribution in [3.63, 3.8) is 0 Å². The molecule has 1 atom stereocenters. The molecule has 0 bridgehead atoms. The molecule has 0 amide bonds. The van der Waals surface area contributed by atoms with E-state index < -0.39 is 0 Å². The number of rotatable bonds is 4. The van der Waals surface area contributed by atoms with Crippen molar-refractivity contribution in [2.75, 3.05) is 19.6 Å². The fourth-order valence-electron chi connectivity index (χ4n) is 5.77. The van der Waals surface area contributed by atoms with Gasteiger partial charge in [0.1, 0.15) is 5.82 Å². The Labute approximate surface area is 181 Å². The fraction of sp³-hybridized carbons (Fsp3) is 0.556. The number of halogens is 1. The summed E-state index contributed by atoms with van der Waals surface area (Å²) in [7, 11) is 0. The van der Waals surface area contributed by atoms with Crippen LogP contribution >= 0.6 is 0 Å². The standard InChI is InChI=1S/C27H37FN2/c1-17(2)21-9-18(3)26-23(10-21)15-30(16-27(26,5)6)14-19(4)24-11-20-7-8-29-13-22(20)12-25(24)28/h9-12,17,19,29H,7-8,13-16H2,1-6H3. The minimum absolute atomic E-state index is 0.0421. The highest BCUT2D eigenvalue weighted by atomic mass is 19.1. The molecule has 1 unspecified atom stereocenters. The van der Waals surface area contributed by atoms with Crippen LogP contribution in [0.5, 0.6) is 0 Å². The lowest BCUT2D eigenvalue weighted by Gasteiger charge is -2.42. The molecule has 2 aliphatic rings. The molecule has 0 saturated heterocycles. The van der Waals surface area contributed by atoms with Crippen LogP contribution in [-0.2, 0) is 24.9 Å². The minimum Gasteiger partial charge on any atom is -0.312 e. The first-order chi connectivity index (χ1) is 14.2. The largest absolute Gasteiger partial charge is 0.312 e. The van der Waals surface area contributed by atoms with E-state index >= 15 is 0 Å². The highest BCUT2D eigenvalue weighted by Crippen LogP contribution is 2.38. The molecule has 4 rings (SSSR count). The molecule has 2 aliphatic heterocycles. The Morgan fingerprint density at radius 1 is 1.07 bits per heavy atom. The quantitative estimate of drug-likeness (QED) is 0.688. The van der Waals surface area contributed by atoms with E-state index in [9.17, 15) is 4.39 Å². The Balaban J connectivity index is 1.59. The lowest BCUT2D eigenvalue weighted by atomic mass is 9.74. The summed E-state index contributed by atoms with van der Waals surface area (Å²) in [6, 6.07) is 8.69. The highest BCUT2D eigenvalue weighted by molar-refractivity contribution is 5.46. The molecule has 3 heteroatoms. The molecule has 162 valence electrons. The van der Waals surface area contributed by atoms with Gasteiger partial charge in [-0.05, 0) is 76.7 Å². The maximum Gasteiger partial charge on any atom is 0.127 e. The van der Waals surface area contributed by atoms with Crippen LogP contribution in [0.25, 0.3) is 0 Å². The maximum absolute atomic E-state index is 14.9. The normalized spacial score (nSPS) is 19.5. The van der Waals surface area contributed by atoms with Gasteiger partial charge >= 0.3 is 0 Å². The van der Waals surface area contributed by atoms with E-state index in [4.69, 9.17) is 0 Å². The second kappa shape index (κ2) is 8.09. The first-order valence-corrected chi connectivity index (χ1v) is 11.5. The molecule has 0 aromatic heterocycles. The predicted octanol–water partition coefficient (Wildman–Crippen LogP) is 5.80. The monoisotopic (exact) mass is 408 g/mol. The summed E-state index contributed by atoms with van der Waals surface area (Å²) in [5.74, 6) is 0.668. The first kappa shape index (κ1) is 21.5. The van der Waals surface area contributed by atoms with Gasteiger partial charge in [-0.3, -0.25) is 4.90 Å². The molecule has 0 saturated carbocycles. The molecule has 0 spiro atoms. The zero-order chi connectivity index (χ0) is 21.6. The van der Waals surface area contributed by atoms with Crippen molar-refractivity contribution in [1.29, 1.82) is 0 Å². The Morgan fingerprint density at radius 2 is 1.83 bits per heavy atom. The number of hydrogen-bond donors (Lipinski definition) is 1. The maximum atomic E-state index is 14.9. The van der Waals surface area contributed by atoms with Crippen LogP contribution in [-0.4, -0.2) is 24.5 Å². The molecule has 2 nitrogen and oxygen atoms in total. The van der Waals surface area contributed by atoms with Gasteiger partial charge in [0.2, 0.25) is 0 Å². The zero-order valence-electron chi connectivity index (χ0n) is 19.5. The van der Waals surface area contributed by atoms with Crippen LogP contribution in [0, 0.1) is 12.7 Å². The van der Waals surface area contributed by atoms with Crippen molar-refractivity contribution in [2.45, 2.75) is 78.3 Å². The van der Waals surface area contributed by atoms with Crippen molar-refractivity contribution in [3.05, 3.63) is 69.0 Å². The van der Waals surface area contributed by atoms with E-state index in [1.165, 1.54) is 27.8 Å². The number of nitrogens with zero attached hydrogens (tertiary/aromatic N) is 1. The second-order valence-corrected chi connectivity index (χ2v) is 10.6. The van der Waals surface area contributed by atoms with Gasteiger partial charge in [0, 0.05) is 31.6 Å². The average molecular weight is 409 g/mol. The van der Waals surface area contributed by atoms with Crippen LogP contribution in [0.2, 0.25) is 0 Å². The highest BCUT2D eigenvalue weighted by Gasteiger charge is 2.34. The summed E-state index contributed by atoms with van der Waals surface area (Å²) in [6.45, 7) is 18.3. The number of fused-ring (bicyclic) bond motifs is 2. The second-order valence-electron chi connectivity index (χ2n) is 10.6. The van der Waals surface area contributed by atoms with E-state index in [0.717, 1.165) is 50.3 Å². The third-order valence-electron chi connectivity index (χ3n) is 7.06. The Kier molecular flexibility index (Phi) is 5.80. The van der Waals surface area contributed by atoms with Gasteiger partial charge < -0.3 is 5.32 Å². The summed E-state index contributed by atoms with van der Waals surface area (Å²) < 4.78 is 14.9. The first-order valence-electron chi connectivity index (χ1n) is 11.5. The summed E-state index contributed by atoms with van der Waals surface area (Å²) in [5, 5.41) is 3.34. The smallest absolute Gasteiger partial charge is 0.127 e. The Hall–Kier alpha value is -1.71. The van der Waals surface area contributed by atoms with E-state index in [1.54, 1.807) is 6.07 Å². The summed E-state index contributed by atoms with van der Waals surface area (Å²) >= 11 is 0. The van der Waals surface area contributed by atoms with Crippen LogP contribution in [0.1, 0.15) is 85.4 Å². The fourth-order valence-corrected chi connectivity index (χ4v) is 5.77. The molecular weight excluding hydrogens is 371 g/mol. The predicted molar refractivity (Wildman–Crippen MR) is 124 cm³/mol. The van der Waals surface area contributed by atoms with Gasteiger partial charge in [0.05, 0.1) is 0 Å². The number of hydrogen-bond acceptors (Lipinski definition) is 2. The summed E-state index contributed by atoms with van der Waals surface area (Å²) in [6.07, 6.45) is 0.997. The minimum atomic E-state index is -0.0421. The van der Waals surface area contributed by atoms with Crippen molar-refractivity contribution < 1.29 is 4.39 Å². The van der Waals surface area contributed by atoms with Gasteiger partial charge in [-0.1, -0.05) is 52.8 Å². The van der Waals surface area contributed by atoms with Crippen molar-refractivity contribution >= 4 is 0 Å². The molecule has 2 aromatic rings. The van der Waals surface area contributed by atoms with Gasteiger partial charge in [0.25, 0.3) is 0 Å². The SMILES string of the molecule is Cc1cc(C(C)C)cc2c1C(C)(C)CN(CC(C)c1cc3c(cc1F)CNCC3)C2. The molecule has 2 heterocycles. The summed E-state index contributed by atoms with van der Waals surface area (Å²) in [4.78, 5) is 2.54. The lowest BCUT2D eigenvalue weighted by Crippen LogP contribution is -2.44. The van der Waals surface area contributed by atoms with E-state index in [2.05, 4.69) is 70.0 Å². The molecule has 2 aromatic carbocycles. The third kappa shape index (κ3) is 4.07. The Bertz CT molecular complexity index is 944. The van der Waals surface area contributed by atoms with Gasteiger partial charge in [-0.25, -0.2) is 4.39 Å².